The molecule has 0 saturated heterocycles. The molecule has 0 spiro atoms. The highest BCUT2D eigenvalue weighted by Gasteiger charge is 2.30. The Balaban J connectivity index is 1.66. The molecule has 3 aromatic carbocycles. The summed E-state index contributed by atoms with van der Waals surface area (Å²) in [4.78, 5) is 0. The van der Waals surface area contributed by atoms with Gasteiger partial charge in [0.05, 0.1) is 27.3 Å². The van der Waals surface area contributed by atoms with E-state index >= 15 is 0 Å². The molecule has 1 saturated carbocycles. The number of nitrogens with zero attached hydrogens (tertiary/aromatic N) is 2. The average Bonchev–Trinajstić information content (AvgIpc) is 3.18. The number of aryl methyl sites for hydroxylation is 3. The Kier molecular flexibility index (Phi) is 5.16. The van der Waals surface area contributed by atoms with Gasteiger partial charge in [-0.15, -0.1) is 0 Å². The first-order valence-electron chi connectivity index (χ1n) is 14.7. The normalized spacial score (nSPS) is 16.8. The molecular weight excluding hydrogens is 460 g/mol. The van der Waals surface area contributed by atoms with Gasteiger partial charge in [0.2, 0.25) is 5.52 Å². The lowest BCUT2D eigenvalue weighted by molar-refractivity contribution is -0.643. The van der Waals surface area contributed by atoms with Crippen LogP contribution in [0.25, 0.3) is 49.0 Å². The topological polar surface area (TPSA) is 8.29 Å². The summed E-state index contributed by atoms with van der Waals surface area (Å²) in [6, 6.07) is 17.1. The SMILES string of the molecule is Cc1cc2c3ccc(CC(C)C)cc3n3c4cc(C5CCC(C)(C)CC5)cc5cc[n+](C)c(c(c1C)c23)c54. The van der Waals surface area contributed by atoms with Gasteiger partial charge in [-0.3, -0.25) is 0 Å². The van der Waals surface area contributed by atoms with Crippen molar-refractivity contribution in [1.29, 1.82) is 0 Å². The Hall–Kier alpha value is -3.13. The first-order chi connectivity index (χ1) is 18.1. The minimum atomic E-state index is 0.479. The highest BCUT2D eigenvalue weighted by Crippen LogP contribution is 2.46. The zero-order valence-corrected chi connectivity index (χ0v) is 24.2. The number of benzene rings is 3. The van der Waals surface area contributed by atoms with E-state index in [0.29, 0.717) is 17.3 Å². The maximum Gasteiger partial charge on any atom is 0.224 e. The molecule has 1 aliphatic carbocycles. The van der Waals surface area contributed by atoms with Gasteiger partial charge in [0.15, 0.2) is 6.20 Å². The monoisotopic (exact) mass is 501 g/mol. The lowest BCUT2D eigenvalue weighted by atomic mass is 9.71. The number of aromatic nitrogens is 2. The molecule has 0 atom stereocenters. The van der Waals surface area contributed by atoms with Crippen LogP contribution >= 0.6 is 0 Å². The summed E-state index contributed by atoms with van der Waals surface area (Å²) < 4.78 is 5.00. The van der Waals surface area contributed by atoms with E-state index in [9.17, 15) is 0 Å². The third-order valence-corrected chi connectivity index (χ3v) is 9.81. The second-order valence-corrected chi connectivity index (χ2v) is 13.6. The fourth-order valence-electron chi connectivity index (χ4n) is 7.54. The van der Waals surface area contributed by atoms with Crippen molar-refractivity contribution in [1.82, 2.24) is 4.40 Å². The molecule has 3 heterocycles. The van der Waals surface area contributed by atoms with Gasteiger partial charge in [0.25, 0.3) is 0 Å². The second kappa shape index (κ2) is 8.18. The third kappa shape index (κ3) is 3.42. The van der Waals surface area contributed by atoms with Crippen LogP contribution in [-0.2, 0) is 13.5 Å². The predicted molar refractivity (Wildman–Crippen MR) is 163 cm³/mol. The van der Waals surface area contributed by atoms with E-state index in [4.69, 9.17) is 0 Å². The Bertz CT molecular complexity index is 1870. The van der Waals surface area contributed by atoms with Crippen molar-refractivity contribution in [2.24, 2.45) is 18.4 Å². The van der Waals surface area contributed by atoms with Crippen LogP contribution in [0, 0.1) is 25.2 Å². The van der Waals surface area contributed by atoms with Crippen LogP contribution in [0.1, 0.15) is 81.5 Å². The molecule has 0 N–H and O–H groups in total. The quantitative estimate of drug-likeness (QED) is 0.130. The molecule has 1 aliphatic rings. The van der Waals surface area contributed by atoms with E-state index in [1.807, 2.05) is 0 Å². The molecule has 0 radical (unpaired) electrons. The van der Waals surface area contributed by atoms with Gasteiger partial charge in [0, 0.05) is 16.8 Å². The van der Waals surface area contributed by atoms with Crippen LogP contribution in [0.5, 0.6) is 0 Å². The Morgan fingerprint density at radius 1 is 0.921 bits per heavy atom. The molecule has 1 fully saturated rings. The largest absolute Gasteiger partial charge is 0.307 e. The minimum absolute atomic E-state index is 0.479. The molecule has 7 rings (SSSR count). The lowest BCUT2D eigenvalue weighted by Gasteiger charge is -2.34. The van der Waals surface area contributed by atoms with Crippen LogP contribution in [0.4, 0.5) is 0 Å². The van der Waals surface area contributed by atoms with Crippen molar-refractivity contribution in [2.45, 2.75) is 79.6 Å². The molecule has 0 amide bonds. The van der Waals surface area contributed by atoms with Gasteiger partial charge in [0.1, 0.15) is 7.05 Å². The smallest absolute Gasteiger partial charge is 0.224 e. The van der Waals surface area contributed by atoms with Crippen molar-refractivity contribution in [3.8, 4) is 0 Å². The van der Waals surface area contributed by atoms with Gasteiger partial charge in [-0.05, 0) is 109 Å². The Morgan fingerprint density at radius 3 is 2.42 bits per heavy atom. The molecule has 3 aromatic heterocycles. The van der Waals surface area contributed by atoms with E-state index in [-0.39, 0.29) is 0 Å². The molecule has 2 heteroatoms. The second-order valence-electron chi connectivity index (χ2n) is 13.6. The van der Waals surface area contributed by atoms with Gasteiger partial charge in [-0.2, -0.15) is 0 Å². The molecule has 0 unspecified atom stereocenters. The number of hydrogen-bond donors (Lipinski definition) is 0. The Labute approximate surface area is 226 Å². The van der Waals surface area contributed by atoms with Crippen molar-refractivity contribution < 1.29 is 4.57 Å². The summed E-state index contributed by atoms with van der Waals surface area (Å²) in [6.45, 7) is 14.1. The standard InChI is InChI=1S/C36H41N2/c1-21(2)16-24-8-9-28-29-17-22(3)23(4)32-34(29)38(30(28)18-24)31-20-27(25-10-13-36(5,6)14-11-25)19-26-12-15-37(7)35(32)33(26)31/h8-9,12,15,17-21,25H,10-11,13-14,16H2,1-7H3/q+1. The fraction of sp³-hybridized carbons (Fsp3) is 0.417. The van der Waals surface area contributed by atoms with Crippen LogP contribution in [0.3, 0.4) is 0 Å². The Morgan fingerprint density at radius 2 is 1.68 bits per heavy atom. The molecule has 194 valence electrons. The molecule has 6 aromatic rings. The van der Waals surface area contributed by atoms with Gasteiger partial charge in [-0.25, -0.2) is 4.57 Å². The zero-order chi connectivity index (χ0) is 26.5. The first-order valence-corrected chi connectivity index (χ1v) is 14.7. The summed E-state index contributed by atoms with van der Waals surface area (Å²) in [7, 11) is 2.22. The van der Waals surface area contributed by atoms with E-state index < -0.39 is 0 Å². The molecule has 0 bridgehead atoms. The number of rotatable bonds is 3. The number of pyridine rings is 2. The van der Waals surface area contributed by atoms with Gasteiger partial charge < -0.3 is 4.40 Å². The van der Waals surface area contributed by atoms with E-state index in [2.05, 4.69) is 106 Å². The number of hydrogen-bond acceptors (Lipinski definition) is 0. The number of fused-ring (bicyclic) bond motifs is 5. The van der Waals surface area contributed by atoms with Crippen molar-refractivity contribution >= 4 is 49.0 Å². The molecule has 0 aliphatic heterocycles. The van der Waals surface area contributed by atoms with Crippen molar-refractivity contribution in [3.63, 3.8) is 0 Å². The summed E-state index contributed by atoms with van der Waals surface area (Å²) >= 11 is 0. The van der Waals surface area contributed by atoms with Gasteiger partial charge in [-0.1, -0.05) is 45.9 Å². The van der Waals surface area contributed by atoms with Crippen LogP contribution in [-0.4, -0.2) is 4.40 Å². The summed E-state index contributed by atoms with van der Waals surface area (Å²) in [5, 5.41) is 6.97. The maximum atomic E-state index is 2.64. The molecule has 38 heavy (non-hydrogen) atoms. The van der Waals surface area contributed by atoms with Crippen LogP contribution in [0.2, 0.25) is 0 Å². The maximum absolute atomic E-state index is 2.64. The lowest BCUT2D eigenvalue weighted by Crippen LogP contribution is -2.29. The highest BCUT2D eigenvalue weighted by molar-refractivity contribution is 6.26. The zero-order valence-electron chi connectivity index (χ0n) is 24.2. The highest BCUT2D eigenvalue weighted by atomic mass is 15.0. The fourth-order valence-corrected chi connectivity index (χ4v) is 7.54. The van der Waals surface area contributed by atoms with Crippen LogP contribution in [0.15, 0.2) is 48.7 Å². The first kappa shape index (κ1) is 23.9. The molecular formula is C36H41N2+. The molecule has 2 nitrogen and oxygen atoms in total. The van der Waals surface area contributed by atoms with Crippen LogP contribution < -0.4 is 4.57 Å². The summed E-state index contributed by atoms with van der Waals surface area (Å²) in [5.74, 6) is 1.29. The van der Waals surface area contributed by atoms with Crippen molar-refractivity contribution in [3.05, 3.63) is 70.9 Å². The van der Waals surface area contributed by atoms with Gasteiger partial charge >= 0.3 is 0 Å². The minimum Gasteiger partial charge on any atom is -0.307 e. The van der Waals surface area contributed by atoms with E-state index in [1.165, 1.54) is 96.9 Å². The average molecular weight is 502 g/mol. The van der Waals surface area contributed by atoms with E-state index in [0.717, 1.165) is 6.42 Å². The van der Waals surface area contributed by atoms with Crippen molar-refractivity contribution in [2.75, 3.05) is 0 Å². The van der Waals surface area contributed by atoms with E-state index in [1.54, 1.807) is 0 Å². The predicted octanol–water partition coefficient (Wildman–Crippen LogP) is 9.31. The summed E-state index contributed by atoms with van der Waals surface area (Å²) in [6.07, 6.45) is 8.61. The third-order valence-electron chi connectivity index (χ3n) is 9.81. The summed E-state index contributed by atoms with van der Waals surface area (Å²) in [5.41, 5.74) is 11.7.